The van der Waals surface area contributed by atoms with Crippen LogP contribution in [0.4, 0.5) is 0 Å². The van der Waals surface area contributed by atoms with Crippen LogP contribution in [-0.4, -0.2) is 0 Å². The molecule has 0 heteroatoms. The van der Waals surface area contributed by atoms with Gasteiger partial charge in [-0.2, -0.15) is 0 Å². The summed E-state index contributed by atoms with van der Waals surface area (Å²) in [5.74, 6) is 1.44. The Kier molecular flexibility index (Phi) is 12.3. The van der Waals surface area contributed by atoms with Crippen molar-refractivity contribution in [2.45, 2.75) is 73.1 Å². The van der Waals surface area contributed by atoms with Crippen molar-refractivity contribution in [2.75, 3.05) is 0 Å². The van der Waals surface area contributed by atoms with Crippen LogP contribution in [0.15, 0.2) is 47.6 Å². The minimum atomic E-state index is 1.17. The van der Waals surface area contributed by atoms with Crippen LogP contribution in [0.25, 0.3) is 0 Å². The first-order valence-corrected chi connectivity index (χ1v) is 7.97. The van der Waals surface area contributed by atoms with Crippen molar-refractivity contribution in [3.05, 3.63) is 53.5 Å². The number of hydrogen-bond donors (Lipinski definition) is 0. The van der Waals surface area contributed by atoms with Gasteiger partial charge >= 0.3 is 0 Å². The molecule has 0 saturated carbocycles. The highest BCUT2D eigenvalue weighted by atomic mass is 14.1. The monoisotopic (exact) mass is 273 g/mol. The van der Waals surface area contributed by atoms with Gasteiger partial charge in [0.15, 0.2) is 0 Å². The zero-order valence-electron chi connectivity index (χ0n) is 14.2. The van der Waals surface area contributed by atoms with Crippen molar-refractivity contribution in [1.82, 2.24) is 0 Å². The van der Waals surface area contributed by atoms with Crippen LogP contribution >= 0.6 is 0 Å². The lowest BCUT2D eigenvalue weighted by Gasteiger charge is -2.09. The van der Waals surface area contributed by atoms with Crippen LogP contribution in [0, 0.1) is 5.92 Å². The highest BCUT2D eigenvalue weighted by Crippen LogP contribution is 2.19. The van der Waals surface area contributed by atoms with Crippen molar-refractivity contribution < 1.29 is 0 Å². The Hall–Kier alpha value is -1.04. The summed E-state index contributed by atoms with van der Waals surface area (Å²) in [5.41, 5.74) is 3.00. The lowest BCUT2D eigenvalue weighted by Crippen LogP contribution is -1.91. The van der Waals surface area contributed by atoms with Gasteiger partial charge in [0.05, 0.1) is 0 Å². The summed E-state index contributed by atoms with van der Waals surface area (Å²) in [7, 11) is 0. The average Bonchev–Trinajstić information content (AvgIpc) is 2.43. The molecule has 0 fully saturated rings. The van der Waals surface area contributed by atoms with Crippen LogP contribution in [0.1, 0.15) is 73.1 Å². The van der Waals surface area contributed by atoms with Crippen molar-refractivity contribution in [3.8, 4) is 0 Å². The fourth-order valence-electron chi connectivity index (χ4n) is 1.94. The van der Waals surface area contributed by atoms with Gasteiger partial charge in [0.1, 0.15) is 0 Å². The summed E-state index contributed by atoms with van der Waals surface area (Å²) in [6, 6.07) is 0. The van der Waals surface area contributed by atoms with E-state index in [2.05, 4.69) is 71.1 Å². The van der Waals surface area contributed by atoms with E-state index >= 15 is 0 Å². The second-order valence-electron chi connectivity index (χ2n) is 5.61. The molecule has 0 amide bonds. The standard InChI is InChI=1S/C20H33/c1-6-7-8-9-10-11-12-13-14-15-16-17-19(4)20(5)18(2)3/h6-7,10-11,14-15H,8-9,12-13,16-17H2,1-5H3/b7-6+,11-10+,15-14+,20-19+. The lowest BCUT2D eigenvalue weighted by molar-refractivity contribution is 0.924. The molecule has 0 unspecified atom stereocenters. The first-order valence-electron chi connectivity index (χ1n) is 7.97. The molecule has 0 aromatic heterocycles. The molecule has 0 bridgehead atoms. The fourth-order valence-corrected chi connectivity index (χ4v) is 1.94. The first kappa shape index (κ1) is 19.0. The summed E-state index contributed by atoms with van der Waals surface area (Å²) < 4.78 is 0. The minimum absolute atomic E-state index is 1.17. The highest BCUT2D eigenvalue weighted by Gasteiger charge is 2.00. The molecule has 20 heavy (non-hydrogen) atoms. The van der Waals surface area contributed by atoms with Crippen LogP contribution in [0.2, 0.25) is 0 Å². The minimum Gasteiger partial charge on any atom is -0.0917 e. The normalized spacial score (nSPS) is 14.1. The maximum Gasteiger partial charge on any atom is -0.00566 e. The van der Waals surface area contributed by atoms with Gasteiger partial charge in [-0.1, -0.05) is 61.4 Å². The van der Waals surface area contributed by atoms with Crippen LogP contribution < -0.4 is 0 Å². The highest BCUT2D eigenvalue weighted by molar-refractivity contribution is 5.24. The second-order valence-corrected chi connectivity index (χ2v) is 5.61. The maximum absolute atomic E-state index is 2.33. The van der Waals surface area contributed by atoms with Gasteiger partial charge < -0.3 is 0 Å². The predicted octanol–water partition coefficient (Wildman–Crippen LogP) is 6.97. The van der Waals surface area contributed by atoms with Gasteiger partial charge in [0.25, 0.3) is 0 Å². The summed E-state index contributed by atoms with van der Waals surface area (Å²) in [5, 5.41) is 0. The molecule has 0 aromatic rings. The largest absolute Gasteiger partial charge is 0.0917 e. The number of unbranched alkanes of at least 4 members (excludes halogenated alkanes) is 2. The second kappa shape index (κ2) is 13.0. The van der Waals surface area contributed by atoms with Crippen molar-refractivity contribution in [3.63, 3.8) is 0 Å². The molecule has 0 aliphatic carbocycles. The molecule has 0 spiro atoms. The zero-order chi connectivity index (χ0) is 15.2. The van der Waals surface area contributed by atoms with Gasteiger partial charge in [-0.05, 0) is 65.2 Å². The first-order chi connectivity index (χ1) is 9.59. The molecule has 0 N–H and O–H groups in total. The average molecular weight is 273 g/mol. The summed E-state index contributed by atoms with van der Waals surface area (Å²) in [6.07, 6.45) is 20.6. The van der Waals surface area contributed by atoms with Gasteiger partial charge in [0, 0.05) is 0 Å². The lowest BCUT2D eigenvalue weighted by atomic mass is 9.97. The van der Waals surface area contributed by atoms with Crippen molar-refractivity contribution in [2.24, 2.45) is 0 Å². The Labute approximate surface area is 127 Å². The molecule has 0 atom stereocenters. The van der Waals surface area contributed by atoms with E-state index in [1.807, 2.05) is 0 Å². The molecular weight excluding hydrogens is 240 g/mol. The Balaban J connectivity index is 3.66. The van der Waals surface area contributed by atoms with E-state index < -0.39 is 0 Å². The summed E-state index contributed by atoms with van der Waals surface area (Å²) in [4.78, 5) is 0. The molecular formula is C20H33. The van der Waals surface area contributed by atoms with Crippen LogP contribution in [0.5, 0.6) is 0 Å². The Morgan fingerprint density at radius 1 is 0.650 bits per heavy atom. The van der Waals surface area contributed by atoms with Crippen molar-refractivity contribution >= 4 is 0 Å². The number of rotatable bonds is 10. The topological polar surface area (TPSA) is 0 Å². The molecule has 0 saturated heterocycles. The number of allylic oxidation sites excluding steroid dienone is 8. The van der Waals surface area contributed by atoms with E-state index in [1.54, 1.807) is 0 Å². The van der Waals surface area contributed by atoms with E-state index in [0.717, 1.165) is 0 Å². The van der Waals surface area contributed by atoms with E-state index in [4.69, 9.17) is 0 Å². The molecule has 0 aromatic carbocycles. The number of hydrogen-bond acceptors (Lipinski definition) is 0. The van der Waals surface area contributed by atoms with Crippen LogP contribution in [-0.2, 0) is 0 Å². The predicted molar refractivity (Wildman–Crippen MR) is 93.8 cm³/mol. The quantitative estimate of drug-likeness (QED) is 0.298. The maximum atomic E-state index is 2.33. The van der Waals surface area contributed by atoms with E-state index in [1.165, 1.54) is 55.6 Å². The molecule has 0 rings (SSSR count). The van der Waals surface area contributed by atoms with Gasteiger partial charge in [-0.3, -0.25) is 0 Å². The Morgan fingerprint density at radius 3 is 1.55 bits per heavy atom. The van der Waals surface area contributed by atoms with E-state index in [-0.39, 0.29) is 0 Å². The Morgan fingerprint density at radius 2 is 1.10 bits per heavy atom. The smallest absolute Gasteiger partial charge is 0.00566 e. The van der Waals surface area contributed by atoms with Crippen LogP contribution in [0.3, 0.4) is 0 Å². The van der Waals surface area contributed by atoms with Gasteiger partial charge in [-0.25, -0.2) is 0 Å². The molecule has 113 valence electrons. The van der Waals surface area contributed by atoms with Gasteiger partial charge in [0.2, 0.25) is 0 Å². The molecule has 0 aliphatic heterocycles. The van der Waals surface area contributed by atoms with Crippen molar-refractivity contribution in [1.29, 1.82) is 0 Å². The third-order valence-corrected chi connectivity index (χ3v) is 3.65. The third-order valence-electron chi connectivity index (χ3n) is 3.65. The van der Waals surface area contributed by atoms with Gasteiger partial charge in [-0.15, -0.1) is 0 Å². The summed E-state index contributed by atoms with van der Waals surface area (Å²) in [6.45, 7) is 10.9. The summed E-state index contributed by atoms with van der Waals surface area (Å²) >= 11 is 0. The molecule has 0 nitrogen and oxygen atoms in total. The third kappa shape index (κ3) is 10.8. The molecule has 0 heterocycles. The fraction of sp³-hybridized carbons (Fsp3) is 0.550. The Bertz CT molecular complexity index is 337. The van der Waals surface area contributed by atoms with E-state index in [0.29, 0.717) is 0 Å². The zero-order valence-corrected chi connectivity index (χ0v) is 14.2. The SMILES string of the molecule is C/C=C/CC/C=C/CC/C=C/CC/C(C)=C(\C)[C](C)C. The van der Waals surface area contributed by atoms with E-state index in [9.17, 15) is 0 Å². The molecule has 1 radical (unpaired) electrons. The molecule has 0 aliphatic rings.